The van der Waals surface area contributed by atoms with Crippen LogP contribution in [0.4, 0.5) is 4.39 Å². The second kappa shape index (κ2) is 6.91. The molecule has 5 heteroatoms. The minimum atomic E-state index is -0.300. The molecule has 0 spiro atoms. The summed E-state index contributed by atoms with van der Waals surface area (Å²) in [5.74, 6) is 1.05. The lowest BCUT2D eigenvalue weighted by molar-refractivity contribution is 0.392. The van der Waals surface area contributed by atoms with Gasteiger partial charge in [-0.3, -0.25) is 0 Å². The first-order valence-electron chi connectivity index (χ1n) is 6.44. The summed E-state index contributed by atoms with van der Waals surface area (Å²) in [4.78, 5) is 0. The van der Waals surface area contributed by atoms with Crippen LogP contribution in [-0.4, -0.2) is 21.3 Å². The number of halogens is 2. The molecule has 0 saturated heterocycles. The van der Waals surface area contributed by atoms with Crippen LogP contribution in [0.3, 0.4) is 0 Å². The summed E-state index contributed by atoms with van der Waals surface area (Å²) in [6.45, 7) is 0. The molecule has 0 radical (unpaired) electrons. The van der Waals surface area contributed by atoms with Gasteiger partial charge in [0, 0.05) is 11.6 Å². The average Bonchev–Trinajstić information content (AvgIpc) is 2.51. The van der Waals surface area contributed by atoms with E-state index >= 15 is 0 Å². The van der Waals surface area contributed by atoms with Crippen molar-refractivity contribution in [1.29, 1.82) is 0 Å². The third kappa shape index (κ3) is 3.36. The number of rotatable bonds is 5. The molecule has 112 valence electrons. The molecule has 0 aliphatic heterocycles. The van der Waals surface area contributed by atoms with E-state index in [1.54, 1.807) is 39.5 Å². The lowest BCUT2D eigenvalue weighted by Gasteiger charge is -2.20. The summed E-state index contributed by atoms with van der Waals surface area (Å²) in [5, 5.41) is 3.13. The van der Waals surface area contributed by atoms with Gasteiger partial charge in [-0.15, -0.1) is 0 Å². The normalized spacial score (nSPS) is 12.0. The number of benzene rings is 2. The van der Waals surface area contributed by atoms with Crippen molar-refractivity contribution in [2.75, 3.05) is 21.3 Å². The van der Waals surface area contributed by atoms with Crippen molar-refractivity contribution in [3.8, 4) is 11.5 Å². The Kier molecular flexibility index (Phi) is 5.20. The second-order valence-electron chi connectivity index (χ2n) is 4.51. The second-order valence-corrected chi connectivity index (χ2v) is 5.37. The van der Waals surface area contributed by atoms with E-state index in [9.17, 15) is 4.39 Å². The summed E-state index contributed by atoms with van der Waals surface area (Å²) >= 11 is 3.22. The zero-order chi connectivity index (χ0) is 15.4. The molecular weight excluding hydrogens is 337 g/mol. The Balaban J connectivity index is 2.53. The minimum absolute atomic E-state index is 0.279. The van der Waals surface area contributed by atoms with Crippen molar-refractivity contribution in [3.63, 3.8) is 0 Å². The predicted molar refractivity (Wildman–Crippen MR) is 84.5 cm³/mol. The van der Waals surface area contributed by atoms with Crippen LogP contribution in [0, 0.1) is 5.82 Å². The first-order valence-corrected chi connectivity index (χ1v) is 7.24. The van der Waals surface area contributed by atoms with Crippen molar-refractivity contribution in [1.82, 2.24) is 5.32 Å². The number of nitrogens with one attached hydrogen (secondary N) is 1. The highest BCUT2D eigenvalue weighted by Gasteiger charge is 2.19. The molecule has 1 unspecified atom stereocenters. The van der Waals surface area contributed by atoms with Gasteiger partial charge in [0.05, 0.1) is 24.7 Å². The SMILES string of the molecule is CNC(c1cc(OC)cc(OC)c1)c1cccc(Br)c1F. The smallest absolute Gasteiger partial charge is 0.142 e. The molecule has 0 amide bonds. The van der Waals surface area contributed by atoms with Crippen molar-refractivity contribution in [2.45, 2.75) is 6.04 Å². The van der Waals surface area contributed by atoms with Gasteiger partial charge in [-0.25, -0.2) is 4.39 Å². The van der Waals surface area contributed by atoms with Crippen LogP contribution in [0.2, 0.25) is 0 Å². The Labute approximate surface area is 132 Å². The minimum Gasteiger partial charge on any atom is -0.497 e. The molecule has 1 atom stereocenters. The standard InChI is InChI=1S/C16H17BrFNO2/c1-19-16(13-5-4-6-14(17)15(13)18)10-7-11(20-2)9-12(8-10)21-3/h4-9,16,19H,1-3H3. The van der Waals surface area contributed by atoms with E-state index in [2.05, 4.69) is 21.2 Å². The van der Waals surface area contributed by atoms with E-state index < -0.39 is 0 Å². The van der Waals surface area contributed by atoms with Crippen molar-refractivity contribution >= 4 is 15.9 Å². The van der Waals surface area contributed by atoms with Gasteiger partial charge in [0.15, 0.2) is 0 Å². The molecule has 2 rings (SSSR count). The van der Waals surface area contributed by atoms with E-state index in [1.165, 1.54) is 0 Å². The van der Waals surface area contributed by atoms with Gasteiger partial charge in [0.25, 0.3) is 0 Å². The predicted octanol–water partition coefficient (Wildman–Crippen LogP) is 3.91. The largest absolute Gasteiger partial charge is 0.497 e. The maximum Gasteiger partial charge on any atom is 0.142 e. The summed E-state index contributed by atoms with van der Waals surface area (Å²) in [7, 11) is 4.97. The first kappa shape index (κ1) is 15.8. The molecule has 2 aromatic carbocycles. The Bertz CT molecular complexity index is 611. The first-order chi connectivity index (χ1) is 10.1. The molecule has 0 bridgehead atoms. The maximum absolute atomic E-state index is 14.3. The van der Waals surface area contributed by atoms with Crippen molar-refractivity contribution < 1.29 is 13.9 Å². The van der Waals surface area contributed by atoms with Crippen LogP contribution >= 0.6 is 15.9 Å². The Morgan fingerprint density at radius 2 is 1.71 bits per heavy atom. The summed E-state index contributed by atoms with van der Waals surface area (Å²) in [5.41, 5.74) is 1.42. The molecule has 0 aliphatic carbocycles. The van der Waals surface area contributed by atoms with Crippen LogP contribution in [0.25, 0.3) is 0 Å². The Morgan fingerprint density at radius 1 is 1.10 bits per heavy atom. The van der Waals surface area contributed by atoms with Gasteiger partial charge >= 0.3 is 0 Å². The fraction of sp³-hybridized carbons (Fsp3) is 0.250. The van der Waals surface area contributed by atoms with Gasteiger partial charge in [-0.1, -0.05) is 12.1 Å². The van der Waals surface area contributed by atoms with Crippen molar-refractivity contribution in [2.24, 2.45) is 0 Å². The third-order valence-corrected chi connectivity index (χ3v) is 3.90. The summed E-state index contributed by atoms with van der Waals surface area (Å²) in [6, 6.07) is 10.5. The molecule has 0 heterocycles. The van der Waals surface area contributed by atoms with E-state index in [1.807, 2.05) is 18.2 Å². The lowest BCUT2D eigenvalue weighted by Crippen LogP contribution is -2.19. The number of methoxy groups -OCH3 is 2. The van der Waals surface area contributed by atoms with Gasteiger partial charge in [-0.05, 0) is 46.7 Å². The van der Waals surface area contributed by atoms with Crippen molar-refractivity contribution in [3.05, 3.63) is 57.8 Å². The van der Waals surface area contributed by atoms with E-state index in [-0.39, 0.29) is 11.9 Å². The quantitative estimate of drug-likeness (QED) is 0.883. The van der Waals surface area contributed by atoms with Gasteiger partial charge in [-0.2, -0.15) is 0 Å². The molecule has 21 heavy (non-hydrogen) atoms. The maximum atomic E-state index is 14.3. The molecule has 0 aromatic heterocycles. The highest BCUT2D eigenvalue weighted by molar-refractivity contribution is 9.10. The van der Waals surface area contributed by atoms with Crippen LogP contribution in [-0.2, 0) is 0 Å². The summed E-state index contributed by atoms with van der Waals surface area (Å²) < 4.78 is 25.3. The fourth-order valence-corrected chi connectivity index (χ4v) is 2.62. The third-order valence-electron chi connectivity index (χ3n) is 3.29. The van der Waals surface area contributed by atoms with E-state index in [0.717, 1.165) is 5.56 Å². The van der Waals surface area contributed by atoms with Gasteiger partial charge in [0.2, 0.25) is 0 Å². The van der Waals surface area contributed by atoms with Gasteiger partial charge < -0.3 is 14.8 Å². The lowest BCUT2D eigenvalue weighted by atomic mass is 9.98. The zero-order valence-corrected chi connectivity index (χ0v) is 13.7. The zero-order valence-electron chi connectivity index (χ0n) is 12.1. The molecule has 2 aromatic rings. The Morgan fingerprint density at radius 3 is 2.24 bits per heavy atom. The molecule has 0 fully saturated rings. The topological polar surface area (TPSA) is 30.5 Å². The van der Waals surface area contributed by atoms with Crippen LogP contribution in [0.5, 0.6) is 11.5 Å². The molecular formula is C16H17BrFNO2. The monoisotopic (exact) mass is 353 g/mol. The van der Waals surface area contributed by atoms with Gasteiger partial charge in [0.1, 0.15) is 17.3 Å². The molecule has 0 saturated carbocycles. The van der Waals surface area contributed by atoms with E-state index in [0.29, 0.717) is 21.5 Å². The highest BCUT2D eigenvalue weighted by Crippen LogP contribution is 2.32. The highest BCUT2D eigenvalue weighted by atomic mass is 79.9. The fourth-order valence-electron chi connectivity index (χ4n) is 2.24. The summed E-state index contributed by atoms with van der Waals surface area (Å²) in [6.07, 6.45) is 0. The number of ether oxygens (including phenoxy) is 2. The van der Waals surface area contributed by atoms with Crippen LogP contribution in [0.15, 0.2) is 40.9 Å². The van der Waals surface area contributed by atoms with E-state index in [4.69, 9.17) is 9.47 Å². The molecule has 1 N–H and O–H groups in total. The van der Waals surface area contributed by atoms with Crippen LogP contribution < -0.4 is 14.8 Å². The number of hydrogen-bond donors (Lipinski definition) is 1. The average molecular weight is 354 g/mol. The molecule has 3 nitrogen and oxygen atoms in total. The molecule has 0 aliphatic rings. The van der Waals surface area contributed by atoms with Crippen LogP contribution in [0.1, 0.15) is 17.2 Å². The Hall–Kier alpha value is -1.59. The number of hydrogen-bond acceptors (Lipinski definition) is 3.